The van der Waals surface area contributed by atoms with E-state index < -0.39 is 11.7 Å². The van der Waals surface area contributed by atoms with Crippen LogP contribution in [0.2, 0.25) is 5.02 Å². The number of hydrogen-bond donors (Lipinski definition) is 2. The van der Waals surface area contributed by atoms with Crippen LogP contribution in [0.15, 0.2) is 30.5 Å². The van der Waals surface area contributed by atoms with Crippen LogP contribution in [-0.4, -0.2) is 24.0 Å². The number of nitrogens with zero attached hydrogens (tertiary/aromatic N) is 1. The molecule has 0 unspecified atom stereocenters. The van der Waals surface area contributed by atoms with Crippen molar-refractivity contribution in [2.24, 2.45) is 0 Å². The maximum absolute atomic E-state index is 12.5. The van der Waals surface area contributed by atoms with E-state index >= 15 is 0 Å². The molecule has 0 fully saturated rings. The summed E-state index contributed by atoms with van der Waals surface area (Å²) in [6, 6.07) is 6.33. The minimum Gasteiger partial charge on any atom is -0.367 e. The Bertz CT molecular complexity index is 778. The molecule has 0 atom stereocenters. The molecule has 2 aromatic rings. The van der Waals surface area contributed by atoms with Crippen LogP contribution in [0.4, 0.5) is 19.0 Å². The van der Waals surface area contributed by atoms with Crippen LogP contribution in [-0.2, 0) is 6.18 Å². The number of carbonyl (C=O) groups excluding carboxylic acids is 1. The molecule has 2 N–H and O–H groups in total. The molecule has 2 rings (SSSR count). The lowest BCUT2D eigenvalue weighted by Crippen LogP contribution is -2.29. The number of halogens is 4. The Balaban J connectivity index is 1.88. The van der Waals surface area contributed by atoms with Gasteiger partial charge in [-0.25, -0.2) is 4.98 Å². The van der Waals surface area contributed by atoms with E-state index in [1.165, 1.54) is 0 Å². The van der Waals surface area contributed by atoms with Gasteiger partial charge in [-0.05, 0) is 31.5 Å². The van der Waals surface area contributed by atoms with Crippen LogP contribution >= 0.6 is 11.6 Å². The lowest BCUT2D eigenvalue weighted by molar-refractivity contribution is -0.137. The van der Waals surface area contributed by atoms with E-state index in [4.69, 9.17) is 11.6 Å². The average Bonchev–Trinajstić information content (AvgIpc) is 2.51. The Morgan fingerprint density at radius 1 is 1.20 bits per heavy atom. The largest absolute Gasteiger partial charge is 0.417 e. The molecule has 8 heteroatoms. The van der Waals surface area contributed by atoms with Gasteiger partial charge in [0.1, 0.15) is 5.82 Å². The molecule has 1 aromatic carbocycles. The SMILES string of the molecule is Cc1ccc(C(=O)NCCNc2ncc(C(F)(F)F)cc2Cl)c(C)c1. The fraction of sp³-hybridized carbons (Fsp3) is 0.294. The molecule has 0 saturated carbocycles. The number of alkyl halides is 3. The maximum Gasteiger partial charge on any atom is 0.417 e. The lowest BCUT2D eigenvalue weighted by atomic mass is 10.1. The summed E-state index contributed by atoms with van der Waals surface area (Å²) < 4.78 is 37.6. The van der Waals surface area contributed by atoms with Crippen molar-refractivity contribution in [2.45, 2.75) is 20.0 Å². The van der Waals surface area contributed by atoms with Crippen LogP contribution in [0.3, 0.4) is 0 Å². The molecule has 0 bridgehead atoms. The standard InChI is InChI=1S/C17H17ClF3N3O/c1-10-3-4-13(11(2)7-10)16(25)23-6-5-22-15-14(18)8-12(9-24-15)17(19,20)21/h3-4,7-9H,5-6H2,1-2H3,(H,22,24)(H,23,25). The highest BCUT2D eigenvalue weighted by Crippen LogP contribution is 2.32. The molecule has 0 radical (unpaired) electrons. The third-order valence-corrected chi connectivity index (χ3v) is 3.79. The molecule has 0 spiro atoms. The van der Waals surface area contributed by atoms with Gasteiger partial charge in [-0.3, -0.25) is 4.79 Å². The Labute approximate surface area is 148 Å². The van der Waals surface area contributed by atoms with Crippen LogP contribution in [0.5, 0.6) is 0 Å². The number of benzene rings is 1. The van der Waals surface area contributed by atoms with Crippen LogP contribution in [0.1, 0.15) is 27.0 Å². The number of hydrogen-bond acceptors (Lipinski definition) is 3. The first kappa shape index (κ1) is 19.1. The smallest absolute Gasteiger partial charge is 0.367 e. The van der Waals surface area contributed by atoms with E-state index in [1.807, 2.05) is 26.0 Å². The second-order valence-corrected chi connectivity index (χ2v) is 5.96. The highest BCUT2D eigenvalue weighted by atomic mass is 35.5. The lowest BCUT2D eigenvalue weighted by Gasteiger charge is -2.12. The van der Waals surface area contributed by atoms with Crippen molar-refractivity contribution < 1.29 is 18.0 Å². The highest BCUT2D eigenvalue weighted by molar-refractivity contribution is 6.32. The molecule has 0 aliphatic rings. The van der Waals surface area contributed by atoms with Gasteiger partial charge in [0.25, 0.3) is 5.91 Å². The number of rotatable bonds is 5. The van der Waals surface area contributed by atoms with Gasteiger partial charge in [0.2, 0.25) is 0 Å². The van der Waals surface area contributed by atoms with Crippen molar-refractivity contribution in [1.29, 1.82) is 0 Å². The van der Waals surface area contributed by atoms with E-state index in [2.05, 4.69) is 15.6 Å². The average molecular weight is 372 g/mol. The van der Waals surface area contributed by atoms with Crippen LogP contribution < -0.4 is 10.6 Å². The first-order valence-electron chi connectivity index (χ1n) is 7.50. The molecule has 1 amide bonds. The van der Waals surface area contributed by atoms with Gasteiger partial charge in [-0.1, -0.05) is 29.3 Å². The molecule has 0 aliphatic heterocycles. The van der Waals surface area contributed by atoms with Gasteiger partial charge in [0.15, 0.2) is 0 Å². The molecular weight excluding hydrogens is 355 g/mol. The minimum atomic E-state index is -4.49. The topological polar surface area (TPSA) is 54.0 Å². The summed E-state index contributed by atoms with van der Waals surface area (Å²) in [5.41, 5.74) is 1.61. The van der Waals surface area contributed by atoms with Crippen LogP contribution in [0.25, 0.3) is 0 Å². The van der Waals surface area contributed by atoms with Gasteiger partial charge in [-0.2, -0.15) is 13.2 Å². The molecule has 1 aromatic heterocycles. The van der Waals surface area contributed by atoms with Crippen molar-refractivity contribution >= 4 is 23.3 Å². The second kappa shape index (κ2) is 7.74. The zero-order chi connectivity index (χ0) is 18.6. The zero-order valence-electron chi connectivity index (χ0n) is 13.7. The number of pyridine rings is 1. The van der Waals surface area contributed by atoms with Crippen molar-refractivity contribution in [3.8, 4) is 0 Å². The first-order valence-corrected chi connectivity index (χ1v) is 7.88. The second-order valence-electron chi connectivity index (χ2n) is 5.55. The van der Waals surface area contributed by atoms with E-state index in [-0.39, 0.29) is 29.8 Å². The Kier molecular flexibility index (Phi) is 5.89. The summed E-state index contributed by atoms with van der Waals surface area (Å²) in [6.45, 7) is 4.34. The van der Waals surface area contributed by atoms with Gasteiger partial charge >= 0.3 is 6.18 Å². The summed E-state index contributed by atoms with van der Waals surface area (Å²) in [6.07, 6.45) is -3.78. The Morgan fingerprint density at radius 2 is 1.92 bits per heavy atom. The predicted octanol–water partition coefficient (Wildman–Crippen LogP) is 4.21. The van der Waals surface area contributed by atoms with Gasteiger partial charge < -0.3 is 10.6 Å². The van der Waals surface area contributed by atoms with E-state index in [1.54, 1.807) is 6.07 Å². The number of aromatic nitrogens is 1. The third kappa shape index (κ3) is 5.09. The number of carbonyl (C=O) groups is 1. The minimum absolute atomic E-state index is 0.129. The molecule has 0 aliphatic carbocycles. The molecule has 25 heavy (non-hydrogen) atoms. The highest BCUT2D eigenvalue weighted by Gasteiger charge is 2.31. The van der Waals surface area contributed by atoms with Crippen molar-refractivity contribution in [3.05, 3.63) is 57.7 Å². The van der Waals surface area contributed by atoms with Gasteiger partial charge in [0.05, 0.1) is 10.6 Å². The molecule has 134 valence electrons. The number of nitrogens with one attached hydrogen (secondary N) is 2. The molecule has 4 nitrogen and oxygen atoms in total. The summed E-state index contributed by atoms with van der Waals surface area (Å²) in [4.78, 5) is 15.8. The van der Waals surface area contributed by atoms with E-state index in [0.717, 1.165) is 17.2 Å². The summed E-state index contributed by atoms with van der Waals surface area (Å²) >= 11 is 5.80. The van der Waals surface area contributed by atoms with Gasteiger partial charge in [0, 0.05) is 24.8 Å². The summed E-state index contributed by atoms with van der Waals surface area (Å²) in [5.74, 6) is -0.0822. The third-order valence-electron chi connectivity index (χ3n) is 3.50. The molecule has 1 heterocycles. The number of amides is 1. The van der Waals surface area contributed by atoms with Crippen molar-refractivity contribution in [2.75, 3.05) is 18.4 Å². The first-order chi connectivity index (χ1) is 11.7. The quantitative estimate of drug-likeness (QED) is 0.774. The van der Waals surface area contributed by atoms with E-state index in [0.29, 0.717) is 11.8 Å². The Hall–Kier alpha value is -2.28. The summed E-state index contributed by atoms with van der Waals surface area (Å²) in [5, 5.41) is 5.40. The zero-order valence-corrected chi connectivity index (χ0v) is 14.4. The summed E-state index contributed by atoms with van der Waals surface area (Å²) in [7, 11) is 0. The normalized spacial score (nSPS) is 11.3. The monoisotopic (exact) mass is 371 g/mol. The van der Waals surface area contributed by atoms with Crippen molar-refractivity contribution in [1.82, 2.24) is 10.3 Å². The van der Waals surface area contributed by atoms with Crippen LogP contribution in [0, 0.1) is 13.8 Å². The van der Waals surface area contributed by atoms with Gasteiger partial charge in [-0.15, -0.1) is 0 Å². The number of anilines is 1. The fourth-order valence-electron chi connectivity index (χ4n) is 2.24. The molecular formula is C17H17ClF3N3O. The predicted molar refractivity (Wildman–Crippen MR) is 91.0 cm³/mol. The Morgan fingerprint density at radius 3 is 2.52 bits per heavy atom. The molecule has 0 saturated heterocycles. The number of aryl methyl sites for hydroxylation is 2. The van der Waals surface area contributed by atoms with Crippen molar-refractivity contribution in [3.63, 3.8) is 0 Å². The fourth-order valence-corrected chi connectivity index (χ4v) is 2.48. The maximum atomic E-state index is 12.5. The van der Waals surface area contributed by atoms with E-state index in [9.17, 15) is 18.0 Å².